The van der Waals surface area contributed by atoms with Crippen molar-refractivity contribution < 1.29 is 49.3 Å². The fraction of sp³-hybridized carbons (Fsp3) is 0.795. The van der Waals surface area contributed by atoms with Gasteiger partial charge < -0.3 is 45.1 Å². The average Bonchev–Trinajstić information content (AvgIpc) is 2.71. The van der Waals surface area contributed by atoms with Crippen molar-refractivity contribution >= 4 is 11.9 Å². The lowest BCUT2D eigenvalue weighted by Gasteiger charge is -2.40. The standard InChI is InChI=1S/C78H139NO10/c1-3-5-7-9-11-13-15-17-37-41-44-48-52-56-60-64-71(81)70(69-88-78-77(86)76(85)75(84)72(68-80)89-78)79-73(82)65-61-57-53-49-45-42-38-35-33-31-29-27-25-23-21-19-18-20-22-24-26-28-30-32-34-36-39-43-47-51-55-59-63-67-87-74(83)66-62-58-54-50-46-40-16-14-12-10-8-6-4-2/h8,10,14-17,22,24,28,30,44,48,60,64,70-72,75-78,80-81,84-86H,3-7,9,11-13,18-21,23,25-27,29,31-43,45-47,49-59,61-63,65-69H2,1-2H3,(H,79,82)/b10-8-,16-14-,17-15+,24-22-,30-28-,48-44+,64-60+. The molecule has 1 aliphatic heterocycles. The highest BCUT2D eigenvalue weighted by atomic mass is 16.7. The molecule has 7 unspecified atom stereocenters. The second kappa shape index (κ2) is 66.3. The maximum atomic E-state index is 13.1. The molecule has 0 bridgehead atoms. The van der Waals surface area contributed by atoms with E-state index < -0.39 is 49.5 Å². The van der Waals surface area contributed by atoms with E-state index in [1.807, 2.05) is 6.08 Å². The van der Waals surface area contributed by atoms with Crippen molar-refractivity contribution in [1.82, 2.24) is 5.32 Å². The van der Waals surface area contributed by atoms with Crippen molar-refractivity contribution in [3.63, 3.8) is 0 Å². The first-order valence-corrected chi connectivity index (χ1v) is 37.4. The van der Waals surface area contributed by atoms with Crippen LogP contribution >= 0.6 is 0 Å². The van der Waals surface area contributed by atoms with E-state index in [-0.39, 0.29) is 18.5 Å². The van der Waals surface area contributed by atoms with E-state index in [0.717, 1.165) is 83.5 Å². The minimum absolute atomic E-state index is 0.00941. The molecule has 6 N–H and O–H groups in total. The molecule has 0 aromatic carbocycles. The van der Waals surface area contributed by atoms with Gasteiger partial charge in [-0.05, 0) is 116 Å². The molecule has 516 valence electrons. The normalized spacial score (nSPS) is 18.2. The number of ether oxygens (including phenoxy) is 3. The van der Waals surface area contributed by atoms with Crippen molar-refractivity contribution in [2.45, 2.75) is 378 Å². The number of aliphatic hydroxyl groups is 5. The van der Waals surface area contributed by atoms with Crippen molar-refractivity contribution in [1.29, 1.82) is 0 Å². The lowest BCUT2D eigenvalue weighted by molar-refractivity contribution is -0.302. The number of carbonyl (C=O) groups excluding carboxylic acids is 2. The molecule has 0 aromatic heterocycles. The van der Waals surface area contributed by atoms with Crippen LogP contribution in [0.4, 0.5) is 0 Å². The summed E-state index contributed by atoms with van der Waals surface area (Å²) in [5.74, 6) is -0.204. The lowest BCUT2D eigenvalue weighted by atomic mass is 9.99. The maximum absolute atomic E-state index is 13.1. The summed E-state index contributed by atoms with van der Waals surface area (Å²) in [4.78, 5) is 25.1. The summed E-state index contributed by atoms with van der Waals surface area (Å²) in [6.07, 6.45) is 81.5. The van der Waals surface area contributed by atoms with Gasteiger partial charge in [0.2, 0.25) is 5.91 Å². The Morgan fingerprint density at radius 2 is 0.787 bits per heavy atom. The number of unbranched alkanes of at least 4 members (excludes halogenated alkanes) is 39. The zero-order valence-electron chi connectivity index (χ0n) is 57.4. The number of hydrogen-bond donors (Lipinski definition) is 6. The van der Waals surface area contributed by atoms with Gasteiger partial charge in [-0.25, -0.2) is 0 Å². The molecule has 0 aromatic rings. The molecule has 1 fully saturated rings. The molecule has 1 rings (SSSR count). The smallest absolute Gasteiger partial charge is 0.305 e. The van der Waals surface area contributed by atoms with Gasteiger partial charge in [-0.1, -0.05) is 292 Å². The number of esters is 1. The Labute approximate surface area is 546 Å². The van der Waals surface area contributed by atoms with Gasteiger partial charge in [0, 0.05) is 12.8 Å². The minimum Gasteiger partial charge on any atom is -0.466 e. The number of amides is 1. The number of nitrogens with one attached hydrogen (secondary N) is 1. The molecule has 0 aliphatic carbocycles. The van der Waals surface area contributed by atoms with Gasteiger partial charge in [-0.3, -0.25) is 9.59 Å². The van der Waals surface area contributed by atoms with Crippen LogP contribution in [0.5, 0.6) is 0 Å². The van der Waals surface area contributed by atoms with E-state index >= 15 is 0 Å². The number of allylic oxidation sites excluding steroid dienone is 13. The molecule has 1 aliphatic rings. The Hall–Kier alpha value is -3.16. The van der Waals surface area contributed by atoms with Crippen LogP contribution in [0.25, 0.3) is 0 Å². The number of aliphatic hydroxyl groups excluding tert-OH is 5. The van der Waals surface area contributed by atoms with Gasteiger partial charge in [0.15, 0.2) is 6.29 Å². The zero-order chi connectivity index (χ0) is 64.4. The van der Waals surface area contributed by atoms with E-state index in [1.54, 1.807) is 6.08 Å². The van der Waals surface area contributed by atoms with Crippen molar-refractivity contribution in [3.05, 3.63) is 85.1 Å². The Bertz CT molecular complexity index is 1760. The van der Waals surface area contributed by atoms with E-state index in [9.17, 15) is 35.1 Å². The molecule has 0 saturated carbocycles. The molecule has 11 nitrogen and oxygen atoms in total. The summed E-state index contributed by atoms with van der Waals surface area (Å²) in [5, 5.41) is 54.5. The third-order valence-corrected chi connectivity index (χ3v) is 17.2. The first-order chi connectivity index (χ1) is 43.7. The number of carbonyl (C=O) groups is 2. The monoisotopic (exact) mass is 1250 g/mol. The van der Waals surface area contributed by atoms with Gasteiger partial charge in [0.1, 0.15) is 24.4 Å². The van der Waals surface area contributed by atoms with E-state index in [2.05, 4.69) is 92.1 Å². The second-order valence-corrected chi connectivity index (χ2v) is 25.6. The lowest BCUT2D eigenvalue weighted by Crippen LogP contribution is -2.60. The summed E-state index contributed by atoms with van der Waals surface area (Å²) in [7, 11) is 0. The summed E-state index contributed by atoms with van der Waals surface area (Å²) in [5.41, 5.74) is 0. The highest BCUT2D eigenvalue weighted by molar-refractivity contribution is 5.76. The van der Waals surface area contributed by atoms with Gasteiger partial charge in [-0.15, -0.1) is 0 Å². The molecule has 89 heavy (non-hydrogen) atoms. The second-order valence-electron chi connectivity index (χ2n) is 25.6. The maximum Gasteiger partial charge on any atom is 0.305 e. The molecule has 1 saturated heterocycles. The minimum atomic E-state index is -1.58. The van der Waals surface area contributed by atoms with Crippen LogP contribution in [0, 0.1) is 0 Å². The predicted octanol–water partition coefficient (Wildman–Crippen LogP) is 19.6. The van der Waals surface area contributed by atoms with Crippen LogP contribution in [0.2, 0.25) is 0 Å². The average molecular weight is 1250 g/mol. The van der Waals surface area contributed by atoms with Gasteiger partial charge in [0.25, 0.3) is 0 Å². The van der Waals surface area contributed by atoms with Crippen LogP contribution in [-0.4, -0.2) is 100 Å². The summed E-state index contributed by atoms with van der Waals surface area (Å²) < 4.78 is 16.7. The Kier molecular flexibility index (Phi) is 62.5. The fourth-order valence-corrected chi connectivity index (χ4v) is 11.3. The molecule has 11 heteroatoms. The Balaban J connectivity index is 1.98. The summed E-state index contributed by atoms with van der Waals surface area (Å²) in [6.45, 7) is 4.26. The summed E-state index contributed by atoms with van der Waals surface area (Å²) >= 11 is 0. The Morgan fingerprint density at radius 1 is 0.416 bits per heavy atom. The van der Waals surface area contributed by atoms with E-state index in [1.165, 1.54) is 225 Å². The van der Waals surface area contributed by atoms with Crippen molar-refractivity contribution in [3.8, 4) is 0 Å². The number of hydrogen-bond acceptors (Lipinski definition) is 10. The SMILES string of the molecule is CCC/C=C\C/C=C\CCCCCCCC(=O)OCCCCCCCCCCC/C=C\C/C=C\CCCCCCCCCCCCCCCCCCCC(=O)NC(COC1OC(CO)C(O)C(O)C1O)C(O)/C=C/CC/C=C/CC/C=C/CCCCCCC. The molecule has 1 amide bonds. The molecule has 0 spiro atoms. The highest BCUT2D eigenvalue weighted by Crippen LogP contribution is 2.23. The number of rotatable bonds is 65. The van der Waals surface area contributed by atoms with Crippen LogP contribution in [0.1, 0.15) is 335 Å². The van der Waals surface area contributed by atoms with Crippen molar-refractivity contribution in [2.75, 3.05) is 19.8 Å². The van der Waals surface area contributed by atoms with E-state index in [4.69, 9.17) is 14.2 Å². The highest BCUT2D eigenvalue weighted by Gasteiger charge is 2.44. The Morgan fingerprint density at radius 3 is 1.22 bits per heavy atom. The van der Waals surface area contributed by atoms with Gasteiger partial charge >= 0.3 is 5.97 Å². The van der Waals surface area contributed by atoms with Crippen LogP contribution < -0.4 is 5.32 Å². The third-order valence-electron chi connectivity index (χ3n) is 17.2. The largest absolute Gasteiger partial charge is 0.466 e. The molecule has 1 heterocycles. The molecule has 7 atom stereocenters. The third kappa shape index (κ3) is 55.0. The molecular formula is C78H139NO10. The first-order valence-electron chi connectivity index (χ1n) is 37.4. The fourth-order valence-electron chi connectivity index (χ4n) is 11.3. The van der Waals surface area contributed by atoms with Crippen LogP contribution in [0.3, 0.4) is 0 Å². The van der Waals surface area contributed by atoms with Crippen LogP contribution in [0.15, 0.2) is 85.1 Å². The first kappa shape index (κ1) is 83.9. The zero-order valence-corrected chi connectivity index (χ0v) is 57.4. The topological polar surface area (TPSA) is 175 Å². The van der Waals surface area contributed by atoms with Crippen LogP contribution in [-0.2, 0) is 23.8 Å². The van der Waals surface area contributed by atoms with Gasteiger partial charge in [0.05, 0.1) is 32.0 Å². The predicted molar refractivity (Wildman–Crippen MR) is 375 cm³/mol. The quantitative estimate of drug-likeness (QED) is 0.0195. The molecule has 0 radical (unpaired) electrons. The van der Waals surface area contributed by atoms with Crippen molar-refractivity contribution in [2.24, 2.45) is 0 Å². The molecular weight excluding hydrogens is 1110 g/mol. The van der Waals surface area contributed by atoms with Gasteiger partial charge in [-0.2, -0.15) is 0 Å². The van der Waals surface area contributed by atoms with E-state index in [0.29, 0.717) is 19.4 Å². The summed E-state index contributed by atoms with van der Waals surface area (Å²) in [6, 6.07) is -0.836.